The Labute approximate surface area is 116 Å². The zero-order valence-electron chi connectivity index (χ0n) is 11.1. The zero-order chi connectivity index (χ0) is 14.3. The van der Waals surface area contributed by atoms with E-state index in [1.807, 2.05) is 6.92 Å². The van der Waals surface area contributed by atoms with Crippen molar-refractivity contribution in [3.05, 3.63) is 16.1 Å². The van der Waals surface area contributed by atoms with Gasteiger partial charge in [-0.2, -0.15) is 0 Å². The average Bonchev–Trinajstić information content (AvgIpc) is 2.83. The standard InChI is InChI=1S/C12H19N3O3S/c1-3-18-12(17)9-7-19-11(15-9)6-14-10(16)5-4-8(2)13/h7-8H,3-6,13H2,1-2H3,(H,14,16). The van der Waals surface area contributed by atoms with Crippen molar-refractivity contribution in [2.24, 2.45) is 5.73 Å². The summed E-state index contributed by atoms with van der Waals surface area (Å²) in [5, 5.41) is 5.04. The third-order valence-corrected chi connectivity index (χ3v) is 3.15. The summed E-state index contributed by atoms with van der Waals surface area (Å²) in [7, 11) is 0. The summed E-state index contributed by atoms with van der Waals surface area (Å²) < 4.78 is 4.84. The summed E-state index contributed by atoms with van der Waals surface area (Å²) >= 11 is 1.32. The quantitative estimate of drug-likeness (QED) is 0.731. The van der Waals surface area contributed by atoms with Crippen LogP contribution in [0.5, 0.6) is 0 Å². The Morgan fingerprint density at radius 1 is 1.58 bits per heavy atom. The van der Waals surface area contributed by atoms with Crippen molar-refractivity contribution in [3.63, 3.8) is 0 Å². The maximum Gasteiger partial charge on any atom is 0.357 e. The van der Waals surface area contributed by atoms with Crippen LogP contribution in [-0.2, 0) is 16.1 Å². The van der Waals surface area contributed by atoms with E-state index in [1.54, 1.807) is 12.3 Å². The van der Waals surface area contributed by atoms with Gasteiger partial charge in [-0.1, -0.05) is 0 Å². The Morgan fingerprint density at radius 2 is 2.32 bits per heavy atom. The molecule has 0 aliphatic carbocycles. The molecule has 0 fully saturated rings. The number of rotatable bonds is 7. The van der Waals surface area contributed by atoms with Gasteiger partial charge in [0, 0.05) is 17.8 Å². The van der Waals surface area contributed by atoms with Gasteiger partial charge < -0.3 is 15.8 Å². The van der Waals surface area contributed by atoms with Crippen LogP contribution in [0.2, 0.25) is 0 Å². The SMILES string of the molecule is CCOC(=O)c1csc(CNC(=O)CCC(C)N)n1. The lowest BCUT2D eigenvalue weighted by atomic mass is 10.2. The molecule has 0 bridgehead atoms. The van der Waals surface area contributed by atoms with Gasteiger partial charge in [-0.3, -0.25) is 4.79 Å². The minimum atomic E-state index is -0.437. The van der Waals surface area contributed by atoms with E-state index in [9.17, 15) is 9.59 Å². The van der Waals surface area contributed by atoms with Crippen molar-refractivity contribution in [2.45, 2.75) is 39.3 Å². The summed E-state index contributed by atoms with van der Waals surface area (Å²) in [6.07, 6.45) is 1.05. The molecule has 0 saturated heterocycles. The van der Waals surface area contributed by atoms with Crippen molar-refractivity contribution in [2.75, 3.05) is 6.61 Å². The van der Waals surface area contributed by atoms with Crippen LogP contribution in [0, 0.1) is 0 Å². The number of nitrogens with one attached hydrogen (secondary N) is 1. The van der Waals surface area contributed by atoms with Crippen molar-refractivity contribution in [1.29, 1.82) is 0 Å². The Hall–Kier alpha value is -1.47. The van der Waals surface area contributed by atoms with Crippen LogP contribution in [0.4, 0.5) is 0 Å². The number of aromatic nitrogens is 1. The van der Waals surface area contributed by atoms with Crippen LogP contribution in [0.15, 0.2) is 5.38 Å². The first-order chi connectivity index (χ1) is 9.02. The van der Waals surface area contributed by atoms with E-state index in [-0.39, 0.29) is 17.6 Å². The van der Waals surface area contributed by atoms with E-state index in [0.29, 0.717) is 31.0 Å². The van der Waals surface area contributed by atoms with Gasteiger partial charge in [-0.15, -0.1) is 11.3 Å². The van der Waals surface area contributed by atoms with Gasteiger partial charge in [0.1, 0.15) is 5.01 Å². The summed E-state index contributed by atoms with van der Waals surface area (Å²) in [6.45, 7) is 4.24. The van der Waals surface area contributed by atoms with E-state index in [1.165, 1.54) is 11.3 Å². The molecular weight excluding hydrogens is 266 g/mol. The van der Waals surface area contributed by atoms with E-state index in [0.717, 1.165) is 0 Å². The first-order valence-corrected chi connectivity index (χ1v) is 7.04. The molecule has 0 spiro atoms. The van der Waals surface area contributed by atoms with Gasteiger partial charge in [-0.05, 0) is 20.3 Å². The normalized spacial score (nSPS) is 11.9. The Bertz CT molecular complexity index is 432. The smallest absolute Gasteiger partial charge is 0.357 e. The second-order valence-corrected chi connectivity index (χ2v) is 5.08. The van der Waals surface area contributed by atoms with Crippen LogP contribution < -0.4 is 11.1 Å². The number of thiazole rings is 1. The summed E-state index contributed by atoms with van der Waals surface area (Å²) in [6, 6.07) is 0.0148. The number of hydrogen-bond acceptors (Lipinski definition) is 6. The largest absolute Gasteiger partial charge is 0.461 e. The molecule has 3 N–H and O–H groups in total. The number of amides is 1. The molecule has 1 atom stereocenters. The van der Waals surface area contributed by atoms with Gasteiger partial charge in [0.05, 0.1) is 13.2 Å². The van der Waals surface area contributed by atoms with Gasteiger partial charge in [0.15, 0.2) is 5.69 Å². The highest BCUT2D eigenvalue weighted by atomic mass is 32.1. The predicted octanol–water partition coefficient (Wildman–Crippen LogP) is 1.06. The fourth-order valence-corrected chi connectivity index (χ4v) is 2.02. The Kier molecular flexibility index (Phi) is 6.44. The molecule has 1 amide bonds. The summed E-state index contributed by atoms with van der Waals surface area (Å²) in [4.78, 5) is 27.0. The molecule has 1 rings (SSSR count). The third-order valence-electron chi connectivity index (χ3n) is 2.30. The van der Waals surface area contributed by atoms with Crippen LogP contribution >= 0.6 is 11.3 Å². The number of carbonyl (C=O) groups excluding carboxylic acids is 2. The third kappa shape index (κ3) is 5.80. The molecule has 1 unspecified atom stereocenters. The molecule has 106 valence electrons. The Balaban J connectivity index is 2.37. The second-order valence-electron chi connectivity index (χ2n) is 4.14. The number of nitrogens with two attached hydrogens (primary N) is 1. The summed E-state index contributed by atoms with van der Waals surface area (Å²) in [5.41, 5.74) is 5.86. The van der Waals surface area contributed by atoms with Crippen LogP contribution in [0.25, 0.3) is 0 Å². The number of esters is 1. The molecule has 7 heteroatoms. The van der Waals surface area contributed by atoms with Crippen molar-refractivity contribution < 1.29 is 14.3 Å². The minimum Gasteiger partial charge on any atom is -0.461 e. The van der Waals surface area contributed by atoms with Crippen LogP contribution in [0.3, 0.4) is 0 Å². The number of carbonyl (C=O) groups is 2. The molecule has 1 aromatic heterocycles. The van der Waals surface area contributed by atoms with E-state index >= 15 is 0 Å². The molecule has 0 aliphatic heterocycles. The first-order valence-electron chi connectivity index (χ1n) is 6.16. The molecule has 0 radical (unpaired) electrons. The number of hydrogen-bond donors (Lipinski definition) is 2. The second kappa shape index (κ2) is 7.85. The van der Waals surface area contributed by atoms with Crippen LogP contribution in [-0.4, -0.2) is 29.5 Å². The minimum absolute atomic E-state index is 0.0148. The first kappa shape index (κ1) is 15.6. The van der Waals surface area contributed by atoms with E-state index in [2.05, 4.69) is 10.3 Å². The molecule has 1 heterocycles. The molecule has 0 aromatic carbocycles. The lowest BCUT2D eigenvalue weighted by Crippen LogP contribution is -2.25. The van der Waals surface area contributed by atoms with Crippen LogP contribution in [0.1, 0.15) is 42.2 Å². The predicted molar refractivity (Wildman–Crippen MR) is 72.8 cm³/mol. The molecule has 6 nitrogen and oxygen atoms in total. The Morgan fingerprint density at radius 3 is 2.95 bits per heavy atom. The zero-order valence-corrected chi connectivity index (χ0v) is 12.0. The lowest BCUT2D eigenvalue weighted by molar-refractivity contribution is -0.121. The highest BCUT2D eigenvalue weighted by molar-refractivity contribution is 7.09. The molecule has 1 aromatic rings. The average molecular weight is 285 g/mol. The molecular formula is C12H19N3O3S. The molecule has 0 aliphatic rings. The highest BCUT2D eigenvalue weighted by Crippen LogP contribution is 2.10. The monoisotopic (exact) mass is 285 g/mol. The molecule has 19 heavy (non-hydrogen) atoms. The lowest BCUT2D eigenvalue weighted by Gasteiger charge is -2.05. The highest BCUT2D eigenvalue weighted by Gasteiger charge is 2.12. The number of nitrogens with zero attached hydrogens (tertiary/aromatic N) is 1. The van der Waals surface area contributed by atoms with Crippen molar-refractivity contribution in [1.82, 2.24) is 10.3 Å². The van der Waals surface area contributed by atoms with E-state index < -0.39 is 5.97 Å². The maximum atomic E-state index is 11.5. The van der Waals surface area contributed by atoms with Gasteiger partial charge in [-0.25, -0.2) is 9.78 Å². The fourth-order valence-electron chi connectivity index (χ4n) is 1.31. The van der Waals surface area contributed by atoms with E-state index in [4.69, 9.17) is 10.5 Å². The molecule has 0 saturated carbocycles. The summed E-state index contributed by atoms with van der Waals surface area (Å²) in [5.74, 6) is -0.501. The van der Waals surface area contributed by atoms with Gasteiger partial charge in [0.25, 0.3) is 0 Å². The maximum absolute atomic E-state index is 11.5. The fraction of sp³-hybridized carbons (Fsp3) is 0.583. The van der Waals surface area contributed by atoms with Crippen molar-refractivity contribution in [3.8, 4) is 0 Å². The van der Waals surface area contributed by atoms with Crippen molar-refractivity contribution >= 4 is 23.2 Å². The van der Waals surface area contributed by atoms with Gasteiger partial charge in [0.2, 0.25) is 5.91 Å². The topological polar surface area (TPSA) is 94.3 Å². The number of ether oxygens (including phenoxy) is 1. The van der Waals surface area contributed by atoms with Gasteiger partial charge >= 0.3 is 5.97 Å².